The van der Waals surface area contributed by atoms with Gasteiger partial charge in [0.05, 0.1) is 35.8 Å². The molecule has 29 heavy (non-hydrogen) atoms. The Morgan fingerprint density at radius 1 is 1.41 bits per heavy atom. The number of nitrogens with one attached hydrogen (secondary N) is 1. The van der Waals surface area contributed by atoms with Gasteiger partial charge in [-0.3, -0.25) is 14.9 Å². The van der Waals surface area contributed by atoms with Crippen LogP contribution in [0.4, 0.5) is 5.69 Å². The van der Waals surface area contributed by atoms with Crippen molar-refractivity contribution in [3.63, 3.8) is 0 Å². The summed E-state index contributed by atoms with van der Waals surface area (Å²) in [5, 5.41) is 16.4. The van der Waals surface area contributed by atoms with E-state index in [4.69, 9.17) is 4.74 Å². The van der Waals surface area contributed by atoms with Gasteiger partial charge in [0.25, 0.3) is 5.69 Å². The lowest BCUT2D eigenvalue weighted by molar-refractivity contribution is -0.384. The lowest BCUT2D eigenvalue weighted by atomic mass is 9.93. The van der Waals surface area contributed by atoms with Crippen molar-refractivity contribution in [2.45, 2.75) is 26.3 Å². The van der Waals surface area contributed by atoms with Crippen LogP contribution in [-0.2, 0) is 14.3 Å². The number of nitro groups is 1. The van der Waals surface area contributed by atoms with Crippen LogP contribution in [0.2, 0.25) is 0 Å². The number of nitro benzene ring substituents is 1. The number of amides is 1. The molecule has 1 aromatic rings. The minimum atomic E-state index is -0.689. The van der Waals surface area contributed by atoms with Crippen molar-refractivity contribution < 1.29 is 19.2 Å². The molecule has 1 amide bonds. The van der Waals surface area contributed by atoms with Crippen LogP contribution in [0.1, 0.15) is 31.9 Å². The maximum Gasteiger partial charge on any atom is 0.338 e. The molecule has 9 nitrogen and oxygen atoms in total. The zero-order chi connectivity index (χ0) is 21.1. The second-order valence-electron chi connectivity index (χ2n) is 6.37. The molecule has 152 valence electrons. The Morgan fingerprint density at radius 3 is 2.83 bits per heavy atom. The van der Waals surface area contributed by atoms with Gasteiger partial charge in [0.15, 0.2) is 5.17 Å². The fourth-order valence-electron chi connectivity index (χ4n) is 3.29. The number of hydrogen-bond acceptors (Lipinski definition) is 8. The second-order valence-corrected chi connectivity index (χ2v) is 7.20. The number of methoxy groups -OCH3 is 1. The number of amidine groups is 1. The van der Waals surface area contributed by atoms with Crippen molar-refractivity contribution in [3.8, 4) is 0 Å². The molecule has 0 saturated carbocycles. The number of ether oxygens (including phenoxy) is 1. The van der Waals surface area contributed by atoms with E-state index in [9.17, 15) is 19.7 Å². The smallest absolute Gasteiger partial charge is 0.338 e. The normalized spacial score (nSPS) is 18.0. The number of carbonyl (C=O) groups is 2. The highest BCUT2D eigenvalue weighted by Gasteiger charge is 2.41. The maximum absolute atomic E-state index is 12.6. The summed E-state index contributed by atoms with van der Waals surface area (Å²) in [7, 11) is 1.27. The first-order valence-corrected chi connectivity index (χ1v) is 9.79. The molecule has 2 aliphatic heterocycles. The first kappa shape index (κ1) is 20.6. The van der Waals surface area contributed by atoms with Crippen LogP contribution in [-0.4, -0.2) is 40.5 Å². The Labute approximate surface area is 171 Å². The zero-order valence-corrected chi connectivity index (χ0v) is 17.0. The number of aliphatic imine (C=N–C) groups is 1. The summed E-state index contributed by atoms with van der Waals surface area (Å²) in [5.41, 5.74) is 1.86. The molecule has 2 aliphatic rings. The molecule has 3 rings (SSSR count). The number of fused-ring (bicyclic) bond motifs is 1. The number of benzene rings is 1. The molecule has 0 bridgehead atoms. The number of hydrogen-bond donors (Lipinski definition) is 1. The van der Waals surface area contributed by atoms with Crippen LogP contribution >= 0.6 is 11.8 Å². The van der Waals surface area contributed by atoms with E-state index in [0.717, 1.165) is 0 Å². The monoisotopic (exact) mass is 416 g/mol. The van der Waals surface area contributed by atoms with Gasteiger partial charge in [-0.25, -0.2) is 9.79 Å². The fraction of sp³-hybridized carbons (Fsp3) is 0.316. The second kappa shape index (κ2) is 8.48. The van der Waals surface area contributed by atoms with Gasteiger partial charge < -0.3 is 15.0 Å². The number of allylic oxidation sites excluding steroid dienone is 1. The summed E-state index contributed by atoms with van der Waals surface area (Å²) in [6, 6.07) is 5.41. The van der Waals surface area contributed by atoms with E-state index < -0.39 is 16.9 Å². The van der Waals surface area contributed by atoms with Gasteiger partial charge in [-0.15, -0.1) is 0 Å². The molecule has 2 heterocycles. The molecule has 0 aromatic heterocycles. The van der Waals surface area contributed by atoms with E-state index in [1.165, 1.54) is 31.0 Å². The Kier molecular flexibility index (Phi) is 6.02. The maximum atomic E-state index is 12.6. The fourth-order valence-corrected chi connectivity index (χ4v) is 4.25. The van der Waals surface area contributed by atoms with Crippen LogP contribution in [0.3, 0.4) is 0 Å². The van der Waals surface area contributed by atoms with E-state index in [1.54, 1.807) is 24.0 Å². The van der Waals surface area contributed by atoms with E-state index in [0.29, 0.717) is 28.7 Å². The third-order valence-corrected chi connectivity index (χ3v) is 5.41. The summed E-state index contributed by atoms with van der Waals surface area (Å²) in [6.45, 7) is 4.03. The van der Waals surface area contributed by atoms with Crippen LogP contribution in [0.15, 0.2) is 51.6 Å². The van der Waals surface area contributed by atoms with Crippen molar-refractivity contribution >= 4 is 34.5 Å². The van der Waals surface area contributed by atoms with Crippen molar-refractivity contribution in [1.29, 1.82) is 0 Å². The molecule has 1 atom stereocenters. The van der Waals surface area contributed by atoms with Gasteiger partial charge in [0.2, 0.25) is 5.91 Å². The summed E-state index contributed by atoms with van der Waals surface area (Å²) >= 11 is 1.34. The predicted octanol–water partition coefficient (Wildman–Crippen LogP) is 2.87. The number of nitrogens with zero attached hydrogens (tertiary/aromatic N) is 3. The first-order chi connectivity index (χ1) is 13.9. The minimum Gasteiger partial charge on any atom is -0.466 e. The number of non-ortho nitro benzene ring substituents is 1. The van der Waals surface area contributed by atoms with Crippen molar-refractivity contribution in [1.82, 2.24) is 10.2 Å². The number of thioether (sulfide) groups is 1. The van der Waals surface area contributed by atoms with Gasteiger partial charge >= 0.3 is 5.97 Å². The molecule has 0 radical (unpaired) electrons. The molecule has 1 aromatic carbocycles. The largest absolute Gasteiger partial charge is 0.466 e. The highest BCUT2D eigenvalue weighted by atomic mass is 32.2. The van der Waals surface area contributed by atoms with Crippen LogP contribution in [0.5, 0.6) is 0 Å². The molecule has 1 N–H and O–H groups in total. The molecule has 0 saturated heterocycles. The molecule has 0 unspecified atom stereocenters. The average Bonchev–Trinajstić information content (AvgIpc) is 3.08. The lowest BCUT2D eigenvalue weighted by Crippen LogP contribution is -2.38. The Bertz CT molecular complexity index is 969. The topological polar surface area (TPSA) is 114 Å². The summed E-state index contributed by atoms with van der Waals surface area (Å²) in [5.74, 6) is -0.736. The van der Waals surface area contributed by atoms with Crippen LogP contribution < -0.4 is 5.32 Å². The van der Waals surface area contributed by atoms with E-state index in [2.05, 4.69) is 10.3 Å². The van der Waals surface area contributed by atoms with Crippen LogP contribution in [0, 0.1) is 10.1 Å². The van der Waals surface area contributed by atoms with Crippen molar-refractivity contribution in [2.75, 3.05) is 13.7 Å². The molecule has 0 aliphatic carbocycles. The van der Waals surface area contributed by atoms with Gasteiger partial charge in [0.1, 0.15) is 0 Å². The highest BCUT2D eigenvalue weighted by molar-refractivity contribution is 8.16. The van der Waals surface area contributed by atoms with Gasteiger partial charge in [-0.2, -0.15) is 0 Å². The number of carbonyl (C=O) groups excluding carboxylic acids is 2. The SMILES string of the molecule is CCNC(=O)CC1=CSC2=NC(C)=C(C(=O)OC)[C@@H](c3cccc([N+](=O)[O-])c3)N12. The molecule has 0 spiro atoms. The summed E-state index contributed by atoms with van der Waals surface area (Å²) in [6.07, 6.45) is 0.0960. The minimum absolute atomic E-state index is 0.0884. The van der Waals surface area contributed by atoms with E-state index in [1.807, 2.05) is 12.3 Å². The Balaban J connectivity index is 2.10. The molecular formula is C19H20N4O5S. The quantitative estimate of drug-likeness (QED) is 0.431. The third kappa shape index (κ3) is 4.02. The molecular weight excluding hydrogens is 396 g/mol. The van der Waals surface area contributed by atoms with Crippen molar-refractivity contribution in [2.24, 2.45) is 4.99 Å². The van der Waals surface area contributed by atoms with Gasteiger partial charge in [-0.1, -0.05) is 23.9 Å². The van der Waals surface area contributed by atoms with Gasteiger partial charge in [-0.05, 0) is 24.8 Å². The standard InChI is InChI=1S/C19H20N4O5S/c1-4-20-15(24)9-14-10-29-19-21-11(2)16(18(25)28-3)17(22(14)19)12-6-5-7-13(8-12)23(26)27/h5-8,10,17H,4,9H2,1-3H3,(H,20,24)/t17-/m1/s1. The average molecular weight is 416 g/mol. The highest BCUT2D eigenvalue weighted by Crippen LogP contribution is 2.45. The van der Waals surface area contributed by atoms with Crippen molar-refractivity contribution in [3.05, 3.63) is 62.3 Å². The van der Waals surface area contributed by atoms with E-state index in [-0.39, 0.29) is 23.6 Å². The Hall–Kier alpha value is -3.14. The lowest BCUT2D eigenvalue weighted by Gasteiger charge is -2.36. The first-order valence-electron chi connectivity index (χ1n) is 8.91. The third-order valence-electron chi connectivity index (χ3n) is 4.52. The summed E-state index contributed by atoms with van der Waals surface area (Å²) in [4.78, 5) is 41.8. The van der Waals surface area contributed by atoms with E-state index >= 15 is 0 Å². The predicted molar refractivity (Wildman–Crippen MR) is 109 cm³/mol. The Morgan fingerprint density at radius 2 is 2.17 bits per heavy atom. The zero-order valence-electron chi connectivity index (χ0n) is 16.2. The molecule has 0 fully saturated rings. The molecule has 10 heteroatoms. The number of rotatable bonds is 6. The summed E-state index contributed by atoms with van der Waals surface area (Å²) < 4.78 is 4.96. The number of esters is 1. The van der Waals surface area contributed by atoms with Gasteiger partial charge in [0, 0.05) is 24.4 Å². The van der Waals surface area contributed by atoms with Crippen LogP contribution in [0.25, 0.3) is 0 Å².